The molecule has 1 aliphatic heterocycles. The molecule has 0 aromatic carbocycles. The molecule has 0 saturated carbocycles. The zero-order valence-corrected chi connectivity index (χ0v) is 6.71. The largest absolute Gasteiger partial charge is 0.392 e. The van der Waals surface area contributed by atoms with E-state index >= 15 is 0 Å². The summed E-state index contributed by atoms with van der Waals surface area (Å²) in [5, 5.41) is 11.7. The Balaban J connectivity index is 2.23. The minimum absolute atomic E-state index is 0.0131. The van der Waals surface area contributed by atoms with Gasteiger partial charge < -0.3 is 10.4 Å². The van der Waals surface area contributed by atoms with Gasteiger partial charge in [-0.25, -0.2) is 0 Å². The average Bonchev–Trinajstić information content (AvgIpc) is 2.35. The number of aliphatic hydroxyl groups is 1. The molecule has 1 fully saturated rings. The number of carbonyl (C=O) groups is 1. The first-order valence-electron chi connectivity index (χ1n) is 3.83. The Bertz CT molecular complexity index is 149. The number of aliphatic hydroxyl groups excluding tert-OH is 1. The van der Waals surface area contributed by atoms with Crippen molar-refractivity contribution in [3.05, 3.63) is 0 Å². The van der Waals surface area contributed by atoms with Crippen molar-refractivity contribution in [3.8, 4) is 0 Å². The maximum atomic E-state index is 10.8. The molecule has 64 valence electrons. The molecule has 0 spiro atoms. The van der Waals surface area contributed by atoms with Crippen molar-refractivity contribution in [2.45, 2.75) is 12.5 Å². The Labute approximate surface area is 66.2 Å². The Morgan fingerprint density at radius 3 is 3.00 bits per heavy atom. The molecule has 0 unspecified atom stereocenters. The minimum atomic E-state index is -0.236. The van der Waals surface area contributed by atoms with Crippen LogP contribution in [0, 0.1) is 0 Å². The zero-order valence-electron chi connectivity index (χ0n) is 6.71. The molecular formula is C7H14N2O2. The van der Waals surface area contributed by atoms with E-state index < -0.39 is 0 Å². The maximum Gasteiger partial charge on any atom is 0.233 e. The number of nitrogens with zero attached hydrogens (tertiary/aromatic N) is 1. The van der Waals surface area contributed by atoms with E-state index in [-0.39, 0.29) is 12.0 Å². The van der Waals surface area contributed by atoms with Gasteiger partial charge >= 0.3 is 0 Å². The number of nitrogens with one attached hydrogen (secondary N) is 1. The van der Waals surface area contributed by atoms with E-state index in [2.05, 4.69) is 5.32 Å². The van der Waals surface area contributed by atoms with Crippen molar-refractivity contribution in [2.24, 2.45) is 0 Å². The van der Waals surface area contributed by atoms with Crippen LogP contribution in [0.25, 0.3) is 0 Å². The second-order valence-corrected chi connectivity index (χ2v) is 2.85. The Kier molecular flexibility index (Phi) is 2.84. The van der Waals surface area contributed by atoms with Crippen molar-refractivity contribution in [2.75, 3.05) is 26.7 Å². The summed E-state index contributed by atoms with van der Waals surface area (Å²) in [5.41, 5.74) is 0. The highest BCUT2D eigenvalue weighted by molar-refractivity contribution is 5.77. The first kappa shape index (κ1) is 8.49. The summed E-state index contributed by atoms with van der Waals surface area (Å²) in [6, 6.07) is 0. The molecule has 4 heteroatoms. The molecule has 1 rings (SSSR count). The minimum Gasteiger partial charge on any atom is -0.392 e. The van der Waals surface area contributed by atoms with E-state index in [0.717, 1.165) is 13.0 Å². The SMILES string of the molecule is CNC(=O)CN1CC[C@@H](O)C1. The Morgan fingerprint density at radius 2 is 2.55 bits per heavy atom. The molecule has 0 radical (unpaired) electrons. The summed E-state index contributed by atoms with van der Waals surface area (Å²) in [4.78, 5) is 12.8. The highest BCUT2D eigenvalue weighted by Crippen LogP contribution is 2.06. The van der Waals surface area contributed by atoms with Gasteiger partial charge in [0, 0.05) is 20.1 Å². The van der Waals surface area contributed by atoms with Crippen LogP contribution < -0.4 is 5.32 Å². The second-order valence-electron chi connectivity index (χ2n) is 2.85. The van der Waals surface area contributed by atoms with Crippen LogP contribution in [0.4, 0.5) is 0 Å². The fourth-order valence-electron chi connectivity index (χ4n) is 1.24. The first-order chi connectivity index (χ1) is 5.22. The fraction of sp³-hybridized carbons (Fsp3) is 0.857. The predicted octanol–water partition coefficient (Wildman–Crippen LogP) is -1.20. The molecule has 0 bridgehead atoms. The van der Waals surface area contributed by atoms with Gasteiger partial charge in [0.05, 0.1) is 12.6 Å². The van der Waals surface area contributed by atoms with Crippen molar-refractivity contribution < 1.29 is 9.90 Å². The number of likely N-dealkylation sites (N-methyl/N-ethyl adjacent to an activating group) is 1. The molecule has 2 N–H and O–H groups in total. The smallest absolute Gasteiger partial charge is 0.233 e. The number of carbonyl (C=O) groups excluding carboxylic acids is 1. The number of hydrogen-bond acceptors (Lipinski definition) is 3. The molecule has 1 atom stereocenters. The van der Waals surface area contributed by atoms with Crippen LogP contribution in [-0.2, 0) is 4.79 Å². The van der Waals surface area contributed by atoms with Gasteiger partial charge in [-0.3, -0.25) is 9.69 Å². The molecule has 0 aromatic rings. The van der Waals surface area contributed by atoms with E-state index in [0.29, 0.717) is 13.1 Å². The lowest BCUT2D eigenvalue weighted by molar-refractivity contribution is -0.121. The van der Waals surface area contributed by atoms with Crippen LogP contribution in [0.5, 0.6) is 0 Å². The summed E-state index contributed by atoms with van der Waals surface area (Å²) in [7, 11) is 1.62. The molecule has 1 amide bonds. The summed E-state index contributed by atoms with van der Waals surface area (Å²) in [6.45, 7) is 1.87. The lowest BCUT2D eigenvalue weighted by atomic mass is 10.3. The van der Waals surface area contributed by atoms with Crippen molar-refractivity contribution in [1.29, 1.82) is 0 Å². The van der Waals surface area contributed by atoms with Gasteiger partial charge in [-0.05, 0) is 6.42 Å². The third kappa shape index (κ3) is 2.48. The number of β-amino-alcohol motifs (C(OH)–C–C–N with tert-alkyl or cyclic N) is 1. The molecule has 4 nitrogen and oxygen atoms in total. The number of rotatable bonds is 2. The molecule has 0 aliphatic carbocycles. The summed E-state index contributed by atoms with van der Waals surface area (Å²) >= 11 is 0. The topological polar surface area (TPSA) is 52.6 Å². The van der Waals surface area contributed by atoms with E-state index in [1.807, 2.05) is 4.90 Å². The van der Waals surface area contributed by atoms with Gasteiger partial charge in [-0.15, -0.1) is 0 Å². The van der Waals surface area contributed by atoms with Gasteiger partial charge in [0.15, 0.2) is 0 Å². The maximum absolute atomic E-state index is 10.8. The van der Waals surface area contributed by atoms with E-state index in [9.17, 15) is 4.79 Å². The molecule has 1 aliphatic rings. The third-order valence-corrected chi connectivity index (χ3v) is 1.89. The van der Waals surface area contributed by atoms with Crippen LogP contribution in [-0.4, -0.2) is 48.7 Å². The normalized spacial score (nSPS) is 25.5. The van der Waals surface area contributed by atoms with Crippen LogP contribution in [0.1, 0.15) is 6.42 Å². The highest BCUT2D eigenvalue weighted by Gasteiger charge is 2.21. The number of amides is 1. The number of hydrogen-bond donors (Lipinski definition) is 2. The van der Waals surface area contributed by atoms with E-state index in [1.54, 1.807) is 7.05 Å². The molecular weight excluding hydrogens is 144 g/mol. The van der Waals surface area contributed by atoms with E-state index in [4.69, 9.17) is 5.11 Å². The van der Waals surface area contributed by atoms with E-state index in [1.165, 1.54) is 0 Å². The van der Waals surface area contributed by atoms with Crippen molar-refractivity contribution in [3.63, 3.8) is 0 Å². The zero-order chi connectivity index (χ0) is 8.27. The van der Waals surface area contributed by atoms with Crippen LogP contribution in [0.15, 0.2) is 0 Å². The van der Waals surface area contributed by atoms with Gasteiger partial charge in [-0.2, -0.15) is 0 Å². The Hall–Kier alpha value is -0.610. The van der Waals surface area contributed by atoms with Crippen LogP contribution in [0.3, 0.4) is 0 Å². The third-order valence-electron chi connectivity index (χ3n) is 1.89. The van der Waals surface area contributed by atoms with Gasteiger partial charge in [0.2, 0.25) is 5.91 Å². The summed E-state index contributed by atoms with van der Waals surface area (Å²) in [6.07, 6.45) is 0.552. The standard InChI is InChI=1S/C7H14N2O2/c1-8-7(11)5-9-3-2-6(10)4-9/h6,10H,2-5H2,1H3,(H,8,11)/t6-/m1/s1. The van der Waals surface area contributed by atoms with Crippen LogP contribution >= 0.6 is 0 Å². The van der Waals surface area contributed by atoms with Gasteiger partial charge in [-0.1, -0.05) is 0 Å². The van der Waals surface area contributed by atoms with Gasteiger partial charge in [0.1, 0.15) is 0 Å². The summed E-state index contributed by atoms with van der Waals surface area (Å²) in [5.74, 6) is 0.0131. The highest BCUT2D eigenvalue weighted by atomic mass is 16.3. The quantitative estimate of drug-likeness (QED) is 0.530. The van der Waals surface area contributed by atoms with Crippen molar-refractivity contribution >= 4 is 5.91 Å². The lowest BCUT2D eigenvalue weighted by Gasteiger charge is -2.12. The first-order valence-corrected chi connectivity index (χ1v) is 3.83. The van der Waals surface area contributed by atoms with Crippen LogP contribution in [0.2, 0.25) is 0 Å². The number of likely N-dealkylation sites (tertiary alicyclic amines) is 1. The van der Waals surface area contributed by atoms with Gasteiger partial charge in [0.25, 0.3) is 0 Å². The molecule has 11 heavy (non-hydrogen) atoms. The molecule has 1 saturated heterocycles. The summed E-state index contributed by atoms with van der Waals surface area (Å²) < 4.78 is 0. The average molecular weight is 158 g/mol. The van der Waals surface area contributed by atoms with Crippen molar-refractivity contribution in [1.82, 2.24) is 10.2 Å². The Morgan fingerprint density at radius 1 is 1.82 bits per heavy atom. The monoisotopic (exact) mass is 158 g/mol. The fourth-order valence-corrected chi connectivity index (χ4v) is 1.24. The molecule has 0 aromatic heterocycles. The predicted molar refractivity (Wildman–Crippen MR) is 41.1 cm³/mol. The molecule has 1 heterocycles. The lowest BCUT2D eigenvalue weighted by Crippen LogP contribution is -2.34. The second kappa shape index (κ2) is 3.69.